The molecule has 0 aromatic carbocycles. The Kier molecular flexibility index (Phi) is 2.15. The van der Waals surface area contributed by atoms with Gasteiger partial charge in [0.1, 0.15) is 11.4 Å². The third kappa shape index (κ3) is 1.31. The summed E-state index contributed by atoms with van der Waals surface area (Å²) < 4.78 is 10.4. The lowest BCUT2D eigenvalue weighted by molar-refractivity contribution is 0.0601. The molecule has 0 amide bonds. The van der Waals surface area contributed by atoms with Crippen LogP contribution in [0.5, 0.6) is 0 Å². The van der Waals surface area contributed by atoms with Crippen molar-refractivity contribution in [2.75, 3.05) is 12.0 Å². The van der Waals surface area contributed by atoms with Crippen LogP contribution in [0.25, 0.3) is 0 Å². The summed E-state index contributed by atoms with van der Waals surface area (Å²) in [5, 5.41) is 0. The lowest BCUT2D eigenvalue weighted by atomic mass is 9.74. The second kappa shape index (κ2) is 3.77. The maximum absolute atomic E-state index is 12.2. The average molecular weight is 286 g/mol. The summed E-state index contributed by atoms with van der Waals surface area (Å²) in [4.78, 5) is 19.3. The van der Waals surface area contributed by atoms with Gasteiger partial charge < -0.3 is 14.4 Å². The number of fused-ring (bicyclic) bond motifs is 1. The van der Waals surface area contributed by atoms with Gasteiger partial charge in [-0.3, -0.25) is 0 Å². The predicted molar refractivity (Wildman–Crippen MR) is 75.0 cm³/mol. The number of rotatable bonds is 2. The third-order valence-electron chi connectivity index (χ3n) is 5.96. The molecular weight excluding hydrogens is 268 g/mol. The van der Waals surface area contributed by atoms with E-state index in [-0.39, 0.29) is 5.97 Å². The molecule has 5 heteroatoms. The van der Waals surface area contributed by atoms with E-state index in [2.05, 4.69) is 4.90 Å². The number of methoxy groups -OCH3 is 1. The molecule has 2 aliphatic carbocycles. The molecule has 3 atom stereocenters. The van der Waals surface area contributed by atoms with Crippen molar-refractivity contribution in [1.29, 1.82) is 0 Å². The standard InChI is InChI=1S/C16H18N2O3/c1-20-15(19)11-6-9-7-21-8-12(9)17-14(11)18-13-3-2-10-4-5-16(10,13)18/h6,10,13H,2-5,7-8H2,1H3. The van der Waals surface area contributed by atoms with Gasteiger partial charge in [-0.15, -0.1) is 0 Å². The maximum atomic E-state index is 12.2. The number of hydrogen-bond acceptors (Lipinski definition) is 5. The fourth-order valence-corrected chi connectivity index (χ4v) is 4.82. The first-order valence-electron chi connectivity index (χ1n) is 7.74. The van der Waals surface area contributed by atoms with Crippen molar-refractivity contribution in [3.63, 3.8) is 0 Å². The Morgan fingerprint density at radius 3 is 3.05 bits per heavy atom. The van der Waals surface area contributed by atoms with Crippen LogP contribution in [0, 0.1) is 5.92 Å². The van der Waals surface area contributed by atoms with Crippen LogP contribution >= 0.6 is 0 Å². The zero-order valence-electron chi connectivity index (χ0n) is 12.1. The van der Waals surface area contributed by atoms with Gasteiger partial charge in [-0.05, 0) is 37.7 Å². The molecule has 0 radical (unpaired) electrons. The summed E-state index contributed by atoms with van der Waals surface area (Å²) >= 11 is 0. The summed E-state index contributed by atoms with van der Waals surface area (Å²) in [6, 6.07) is 2.52. The minimum absolute atomic E-state index is 0.288. The van der Waals surface area contributed by atoms with Crippen molar-refractivity contribution in [2.45, 2.75) is 50.5 Å². The van der Waals surface area contributed by atoms with E-state index in [0.717, 1.165) is 23.0 Å². The van der Waals surface area contributed by atoms with Gasteiger partial charge >= 0.3 is 5.97 Å². The van der Waals surface area contributed by atoms with Gasteiger partial charge in [0.25, 0.3) is 0 Å². The van der Waals surface area contributed by atoms with E-state index in [0.29, 0.717) is 30.4 Å². The molecule has 5 nitrogen and oxygen atoms in total. The lowest BCUT2D eigenvalue weighted by Gasteiger charge is -2.36. The molecule has 0 bridgehead atoms. The van der Waals surface area contributed by atoms with Crippen LogP contribution < -0.4 is 4.90 Å². The van der Waals surface area contributed by atoms with Crippen molar-refractivity contribution >= 4 is 11.8 Å². The van der Waals surface area contributed by atoms with E-state index in [1.165, 1.54) is 32.8 Å². The lowest BCUT2D eigenvalue weighted by Crippen LogP contribution is -2.38. The summed E-state index contributed by atoms with van der Waals surface area (Å²) in [6.45, 7) is 1.10. The van der Waals surface area contributed by atoms with Crippen LogP contribution in [0.1, 0.15) is 47.3 Å². The molecule has 1 aromatic heterocycles. The van der Waals surface area contributed by atoms with Crippen molar-refractivity contribution in [1.82, 2.24) is 4.98 Å². The highest BCUT2D eigenvalue weighted by Gasteiger charge is 2.74. The Labute approximate surface area is 123 Å². The van der Waals surface area contributed by atoms with Gasteiger partial charge in [0, 0.05) is 5.56 Å². The number of esters is 1. The highest BCUT2D eigenvalue weighted by Crippen LogP contribution is 2.68. The Morgan fingerprint density at radius 2 is 2.33 bits per heavy atom. The second-order valence-corrected chi connectivity index (χ2v) is 6.64. The largest absolute Gasteiger partial charge is 0.465 e. The topological polar surface area (TPSA) is 51.4 Å². The summed E-state index contributed by atoms with van der Waals surface area (Å²) in [5.74, 6) is 1.35. The molecule has 2 aliphatic heterocycles. The number of nitrogens with zero attached hydrogens (tertiary/aromatic N) is 2. The summed E-state index contributed by atoms with van der Waals surface area (Å²) in [7, 11) is 1.43. The van der Waals surface area contributed by atoms with Gasteiger partial charge in [-0.1, -0.05) is 0 Å². The summed E-state index contributed by atoms with van der Waals surface area (Å²) in [6.07, 6.45) is 5.15. The van der Waals surface area contributed by atoms with Crippen molar-refractivity contribution in [2.24, 2.45) is 5.92 Å². The monoisotopic (exact) mass is 286 g/mol. The van der Waals surface area contributed by atoms with Gasteiger partial charge in [-0.2, -0.15) is 0 Å². The molecule has 5 rings (SSSR count). The van der Waals surface area contributed by atoms with Crippen LogP contribution in [-0.2, 0) is 22.7 Å². The highest BCUT2D eigenvalue weighted by atomic mass is 16.5. The van der Waals surface area contributed by atoms with Crippen LogP contribution in [0.3, 0.4) is 0 Å². The van der Waals surface area contributed by atoms with Crippen molar-refractivity contribution in [3.8, 4) is 0 Å². The molecule has 0 N–H and O–H groups in total. The Morgan fingerprint density at radius 1 is 1.43 bits per heavy atom. The van der Waals surface area contributed by atoms with Gasteiger partial charge in [0.05, 0.1) is 37.6 Å². The van der Waals surface area contributed by atoms with Crippen LogP contribution in [0.4, 0.5) is 5.82 Å². The summed E-state index contributed by atoms with van der Waals surface area (Å²) in [5.41, 5.74) is 2.93. The molecule has 3 heterocycles. The molecule has 1 aromatic rings. The van der Waals surface area contributed by atoms with Crippen molar-refractivity contribution < 1.29 is 14.3 Å². The first-order chi connectivity index (χ1) is 10.3. The minimum Gasteiger partial charge on any atom is -0.465 e. The molecule has 21 heavy (non-hydrogen) atoms. The minimum atomic E-state index is -0.288. The van der Waals surface area contributed by atoms with Gasteiger partial charge in [0.15, 0.2) is 0 Å². The molecule has 1 saturated heterocycles. The number of carbonyl (C=O) groups excluding carboxylic acids is 1. The fraction of sp³-hybridized carbons (Fsp3) is 0.625. The molecular formula is C16H18N2O3. The highest BCUT2D eigenvalue weighted by molar-refractivity contribution is 5.96. The van der Waals surface area contributed by atoms with E-state index in [1.807, 2.05) is 6.07 Å². The first kappa shape index (κ1) is 12.0. The van der Waals surface area contributed by atoms with Crippen LogP contribution in [-0.4, -0.2) is 29.6 Å². The van der Waals surface area contributed by atoms with E-state index >= 15 is 0 Å². The normalized spacial score (nSPS) is 34.8. The Balaban J connectivity index is 1.61. The van der Waals surface area contributed by atoms with E-state index < -0.39 is 0 Å². The Hall–Kier alpha value is -1.62. The smallest absolute Gasteiger partial charge is 0.341 e. The number of anilines is 1. The van der Waals surface area contributed by atoms with E-state index in [4.69, 9.17) is 14.5 Å². The molecule has 4 aliphatic rings. The first-order valence-corrected chi connectivity index (χ1v) is 7.74. The number of hydrogen-bond donors (Lipinski definition) is 0. The number of pyridine rings is 1. The molecule has 3 fully saturated rings. The molecule has 2 saturated carbocycles. The van der Waals surface area contributed by atoms with Gasteiger partial charge in [-0.25, -0.2) is 9.78 Å². The van der Waals surface area contributed by atoms with Crippen LogP contribution in [0.15, 0.2) is 6.07 Å². The van der Waals surface area contributed by atoms with E-state index in [9.17, 15) is 4.79 Å². The second-order valence-electron chi connectivity index (χ2n) is 6.64. The predicted octanol–water partition coefficient (Wildman–Crippen LogP) is 2.03. The van der Waals surface area contributed by atoms with Crippen molar-refractivity contribution in [3.05, 3.63) is 22.9 Å². The Bertz CT molecular complexity index is 659. The number of ether oxygens (including phenoxy) is 2. The third-order valence-corrected chi connectivity index (χ3v) is 5.96. The average Bonchev–Trinajstić information content (AvgIpc) is 2.82. The quantitative estimate of drug-likeness (QED) is 0.615. The molecule has 1 spiro atoms. The van der Waals surface area contributed by atoms with E-state index in [1.54, 1.807) is 0 Å². The number of piperidine rings is 1. The zero-order valence-corrected chi connectivity index (χ0v) is 12.1. The fourth-order valence-electron chi connectivity index (χ4n) is 4.82. The van der Waals surface area contributed by atoms with Gasteiger partial charge in [0.2, 0.25) is 0 Å². The molecule has 3 unspecified atom stereocenters. The molecule has 110 valence electrons. The zero-order chi connectivity index (χ0) is 14.2. The SMILES string of the molecule is COC(=O)c1cc2c(nc1N1C3CCC4CCC431)COC2. The van der Waals surface area contributed by atoms with Crippen LogP contribution in [0.2, 0.25) is 0 Å². The number of aromatic nitrogens is 1. The maximum Gasteiger partial charge on any atom is 0.341 e. The number of carbonyl (C=O) groups is 1.